The van der Waals surface area contributed by atoms with E-state index in [9.17, 15) is 4.79 Å². The zero-order valence-electron chi connectivity index (χ0n) is 16.7. The number of ether oxygens (including phenoxy) is 1. The minimum absolute atomic E-state index is 0.263. The summed E-state index contributed by atoms with van der Waals surface area (Å²) in [6, 6.07) is 13.0. The summed E-state index contributed by atoms with van der Waals surface area (Å²) in [5, 5.41) is 0. The zero-order chi connectivity index (χ0) is 18.9. The van der Waals surface area contributed by atoms with Gasteiger partial charge in [-0.25, -0.2) is 4.79 Å². The predicted octanol–water partition coefficient (Wildman–Crippen LogP) is 6.66. The lowest BCUT2D eigenvalue weighted by atomic mass is 9.94. The molecule has 26 heavy (non-hydrogen) atoms. The highest BCUT2D eigenvalue weighted by molar-refractivity contribution is 5.93. The molecule has 2 aromatic rings. The third kappa shape index (κ3) is 5.45. The van der Waals surface area contributed by atoms with Gasteiger partial charge in [0.1, 0.15) is 0 Å². The molecule has 0 saturated carbocycles. The van der Waals surface area contributed by atoms with E-state index in [0.29, 0.717) is 5.56 Å². The van der Waals surface area contributed by atoms with Crippen LogP contribution in [0.2, 0.25) is 0 Å². The first-order chi connectivity index (χ1) is 12.6. The second-order valence-corrected chi connectivity index (χ2v) is 7.19. The second-order valence-electron chi connectivity index (χ2n) is 7.19. The van der Waals surface area contributed by atoms with Crippen LogP contribution in [0.5, 0.6) is 0 Å². The Hall–Kier alpha value is -2.09. The van der Waals surface area contributed by atoms with Crippen LogP contribution in [0.4, 0.5) is 0 Å². The van der Waals surface area contributed by atoms with Crippen LogP contribution >= 0.6 is 0 Å². The number of esters is 1. The Labute approximate surface area is 158 Å². The Kier molecular flexibility index (Phi) is 7.90. The van der Waals surface area contributed by atoms with Gasteiger partial charge in [0.15, 0.2) is 0 Å². The number of carbonyl (C=O) groups excluding carboxylic acids is 1. The molecule has 0 heterocycles. The Bertz CT molecular complexity index is 690. The summed E-state index contributed by atoms with van der Waals surface area (Å²) in [5.74, 6) is -0.263. The molecule has 0 aliphatic carbocycles. The van der Waals surface area contributed by atoms with Gasteiger partial charge in [-0.1, -0.05) is 75.4 Å². The Morgan fingerprint density at radius 3 is 2.00 bits per heavy atom. The highest BCUT2D eigenvalue weighted by atomic mass is 16.5. The third-order valence-electron chi connectivity index (χ3n) is 5.03. The van der Waals surface area contributed by atoms with Gasteiger partial charge in [-0.3, -0.25) is 0 Å². The number of carbonyl (C=O) groups is 1. The maximum atomic E-state index is 11.9. The van der Waals surface area contributed by atoms with E-state index in [0.717, 1.165) is 23.1 Å². The maximum absolute atomic E-state index is 11.9. The zero-order valence-corrected chi connectivity index (χ0v) is 16.7. The minimum atomic E-state index is -0.263. The molecule has 2 nitrogen and oxygen atoms in total. The van der Waals surface area contributed by atoms with Gasteiger partial charge in [0.05, 0.1) is 12.7 Å². The number of unbranched alkanes of at least 4 members (excludes halogenated alkanes) is 5. The molecule has 0 radical (unpaired) electrons. The second kappa shape index (κ2) is 10.2. The number of methoxy groups -OCH3 is 1. The van der Waals surface area contributed by atoms with Crippen LogP contribution in [0.1, 0.15) is 72.5 Å². The van der Waals surface area contributed by atoms with E-state index in [4.69, 9.17) is 4.74 Å². The van der Waals surface area contributed by atoms with Crippen molar-refractivity contribution in [1.82, 2.24) is 0 Å². The van der Waals surface area contributed by atoms with E-state index in [2.05, 4.69) is 43.3 Å². The van der Waals surface area contributed by atoms with Gasteiger partial charge in [-0.2, -0.15) is 0 Å². The van der Waals surface area contributed by atoms with E-state index in [-0.39, 0.29) is 5.97 Å². The number of hydrogen-bond donors (Lipinski definition) is 0. The molecule has 0 bridgehead atoms. The van der Waals surface area contributed by atoms with Crippen molar-refractivity contribution in [3.63, 3.8) is 0 Å². The molecule has 2 rings (SSSR count). The summed E-state index contributed by atoms with van der Waals surface area (Å²) in [6.45, 7) is 6.19. The average molecular weight is 353 g/mol. The molecule has 0 aliphatic heterocycles. The molecule has 0 saturated heterocycles. The molecule has 140 valence electrons. The van der Waals surface area contributed by atoms with Crippen molar-refractivity contribution in [3.05, 3.63) is 58.7 Å². The van der Waals surface area contributed by atoms with E-state index >= 15 is 0 Å². The summed E-state index contributed by atoms with van der Waals surface area (Å²) in [6.07, 6.45) is 9.16. The van der Waals surface area contributed by atoms with Crippen LogP contribution in [-0.4, -0.2) is 13.1 Å². The lowest BCUT2D eigenvalue weighted by Gasteiger charge is -2.12. The Morgan fingerprint density at radius 1 is 0.846 bits per heavy atom. The quantitative estimate of drug-likeness (QED) is 0.372. The van der Waals surface area contributed by atoms with Gasteiger partial charge in [-0.15, -0.1) is 0 Å². The first kappa shape index (κ1) is 20.2. The normalized spacial score (nSPS) is 10.8. The van der Waals surface area contributed by atoms with E-state index in [1.807, 2.05) is 13.8 Å². The summed E-state index contributed by atoms with van der Waals surface area (Å²) >= 11 is 0. The third-order valence-corrected chi connectivity index (χ3v) is 5.03. The van der Waals surface area contributed by atoms with Crippen LogP contribution in [0.15, 0.2) is 36.4 Å². The van der Waals surface area contributed by atoms with Crippen LogP contribution in [0.25, 0.3) is 11.1 Å². The summed E-state index contributed by atoms with van der Waals surface area (Å²) < 4.78 is 4.89. The van der Waals surface area contributed by atoms with E-state index in [1.165, 1.54) is 56.8 Å². The van der Waals surface area contributed by atoms with Gasteiger partial charge < -0.3 is 4.74 Å². The lowest BCUT2D eigenvalue weighted by molar-refractivity contribution is 0.0599. The van der Waals surface area contributed by atoms with Crippen molar-refractivity contribution in [2.24, 2.45) is 0 Å². The maximum Gasteiger partial charge on any atom is 0.338 e. The van der Waals surface area contributed by atoms with Crippen molar-refractivity contribution in [2.75, 3.05) is 7.11 Å². The van der Waals surface area contributed by atoms with Crippen molar-refractivity contribution in [2.45, 2.75) is 65.7 Å². The van der Waals surface area contributed by atoms with Crippen molar-refractivity contribution < 1.29 is 9.53 Å². The first-order valence-electron chi connectivity index (χ1n) is 9.85. The number of hydrogen-bond acceptors (Lipinski definition) is 2. The standard InChI is InChI=1S/C24H32O2/c1-5-6-7-8-9-10-11-20-12-14-21(15-13-20)22-16-18(2)23(19(3)17-22)24(25)26-4/h12-17H,5-11H2,1-4H3. The van der Waals surface area contributed by atoms with Gasteiger partial charge in [0, 0.05) is 0 Å². The fourth-order valence-electron chi connectivity index (χ4n) is 3.53. The smallest absolute Gasteiger partial charge is 0.338 e. The van der Waals surface area contributed by atoms with Gasteiger partial charge in [0.2, 0.25) is 0 Å². The fourth-order valence-corrected chi connectivity index (χ4v) is 3.53. The largest absolute Gasteiger partial charge is 0.465 e. The van der Waals surface area contributed by atoms with Crippen LogP contribution in [0, 0.1) is 13.8 Å². The molecule has 0 fully saturated rings. The van der Waals surface area contributed by atoms with Crippen molar-refractivity contribution >= 4 is 5.97 Å². The van der Waals surface area contributed by atoms with Gasteiger partial charge >= 0.3 is 5.97 Å². The predicted molar refractivity (Wildman–Crippen MR) is 110 cm³/mol. The number of aryl methyl sites for hydroxylation is 3. The van der Waals surface area contributed by atoms with E-state index in [1.54, 1.807) is 0 Å². The molecular formula is C24H32O2. The highest BCUT2D eigenvalue weighted by Crippen LogP contribution is 2.26. The Balaban J connectivity index is 2.01. The fraction of sp³-hybridized carbons (Fsp3) is 0.458. The lowest BCUT2D eigenvalue weighted by Crippen LogP contribution is -2.06. The van der Waals surface area contributed by atoms with Gasteiger partial charge in [0.25, 0.3) is 0 Å². The molecule has 0 aliphatic rings. The summed E-state index contributed by atoms with van der Waals surface area (Å²) in [5.41, 5.74) is 6.35. The molecule has 2 heteroatoms. The highest BCUT2D eigenvalue weighted by Gasteiger charge is 2.14. The monoisotopic (exact) mass is 352 g/mol. The van der Waals surface area contributed by atoms with Crippen LogP contribution in [0.3, 0.4) is 0 Å². The molecule has 0 aromatic heterocycles. The molecular weight excluding hydrogens is 320 g/mol. The van der Waals surface area contributed by atoms with E-state index < -0.39 is 0 Å². The topological polar surface area (TPSA) is 26.3 Å². The summed E-state index contributed by atoms with van der Waals surface area (Å²) in [7, 11) is 1.43. The average Bonchev–Trinajstić information content (AvgIpc) is 2.64. The minimum Gasteiger partial charge on any atom is -0.465 e. The SMILES string of the molecule is CCCCCCCCc1ccc(-c2cc(C)c(C(=O)OC)c(C)c2)cc1. The number of benzene rings is 2. The van der Waals surface area contributed by atoms with Crippen molar-refractivity contribution in [1.29, 1.82) is 0 Å². The molecule has 0 spiro atoms. The first-order valence-corrected chi connectivity index (χ1v) is 9.85. The molecule has 0 N–H and O–H groups in total. The molecule has 0 amide bonds. The molecule has 2 aromatic carbocycles. The molecule has 0 atom stereocenters. The number of rotatable bonds is 9. The van der Waals surface area contributed by atoms with Crippen LogP contribution < -0.4 is 0 Å². The van der Waals surface area contributed by atoms with Gasteiger partial charge in [-0.05, 0) is 54.5 Å². The summed E-state index contributed by atoms with van der Waals surface area (Å²) in [4.78, 5) is 11.9. The Morgan fingerprint density at radius 2 is 1.42 bits per heavy atom. The van der Waals surface area contributed by atoms with Crippen LogP contribution in [-0.2, 0) is 11.2 Å². The van der Waals surface area contributed by atoms with Crippen molar-refractivity contribution in [3.8, 4) is 11.1 Å². The molecule has 0 unspecified atom stereocenters.